The Morgan fingerprint density at radius 1 is 1.04 bits per heavy atom. The number of aromatic nitrogens is 1. The van der Waals surface area contributed by atoms with E-state index in [9.17, 15) is 14.4 Å². The highest BCUT2D eigenvalue weighted by atomic mass is 16.5. The molecule has 0 aliphatic carbocycles. The number of nitrogens with two attached hydrogens (primary N) is 1. The molecule has 1 aromatic heterocycles. The third kappa shape index (κ3) is 8.04. The summed E-state index contributed by atoms with van der Waals surface area (Å²) in [6.07, 6.45) is 3.53. The number of aldehydes is 1. The van der Waals surface area contributed by atoms with Crippen molar-refractivity contribution in [3.63, 3.8) is 0 Å². The van der Waals surface area contributed by atoms with Gasteiger partial charge in [-0.1, -0.05) is 12.1 Å². The van der Waals surface area contributed by atoms with E-state index in [2.05, 4.69) is 27.1 Å². The summed E-state index contributed by atoms with van der Waals surface area (Å²) < 4.78 is 11.8. The van der Waals surface area contributed by atoms with E-state index in [1.165, 1.54) is 7.11 Å². The molecule has 1 aliphatic heterocycles. The number of aryl methyl sites for hydroxylation is 1. The number of hydrogen-bond acceptors (Lipinski definition) is 8. The van der Waals surface area contributed by atoms with E-state index in [1.807, 2.05) is 43.3 Å². The van der Waals surface area contributed by atoms with Crippen LogP contribution in [0.5, 0.6) is 11.5 Å². The van der Waals surface area contributed by atoms with E-state index >= 15 is 0 Å². The van der Waals surface area contributed by atoms with Crippen LogP contribution in [0.2, 0.25) is 0 Å². The minimum atomic E-state index is -0.305. The number of unbranched alkanes of at least 4 members (excludes halogenated alkanes) is 1. The van der Waals surface area contributed by atoms with Crippen molar-refractivity contribution in [1.82, 2.24) is 14.8 Å². The van der Waals surface area contributed by atoms with Crippen molar-refractivity contribution >= 4 is 40.4 Å². The molecule has 3 aromatic carbocycles. The lowest BCUT2D eigenvalue weighted by molar-refractivity contribution is -0.113. The molecule has 1 saturated heterocycles. The molecule has 0 saturated carbocycles. The second-order valence-electron chi connectivity index (χ2n) is 12.4. The topological polar surface area (TPSA) is 133 Å². The molecule has 0 radical (unpaired) electrons. The molecule has 0 bridgehead atoms. The zero-order valence-electron chi connectivity index (χ0n) is 28.3. The fourth-order valence-corrected chi connectivity index (χ4v) is 6.08. The summed E-state index contributed by atoms with van der Waals surface area (Å²) >= 11 is 0. The van der Waals surface area contributed by atoms with Gasteiger partial charge in [-0.2, -0.15) is 0 Å². The van der Waals surface area contributed by atoms with Crippen LogP contribution in [-0.2, 0) is 11.3 Å². The van der Waals surface area contributed by atoms with E-state index in [0.29, 0.717) is 47.2 Å². The number of fused-ring (bicyclic) bond motifs is 1. The SMILES string of the molecule is COc1cc(C(=O)N(C)c2ccc(C)cc2OCCCCC(C=O)N2CCN(C)CC2)ccc1NC(=O)c1cccc2[nH]c(CN)cc12. The number of ether oxygens (including phenoxy) is 2. The summed E-state index contributed by atoms with van der Waals surface area (Å²) in [7, 11) is 5.31. The Morgan fingerprint density at radius 2 is 1.83 bits per heavy atom. The molecule has 1 aliphatic rings. The first kappa shape index (κ1) is 34.6. The molecule has 11 heteroatoms. The van der Waals surface area contributed by atoms with Gasteiger partial charge in [0.1, 0.15) is 17.8 Å². The van der Waals surface area contributed by atoms with E-state index < -0.39 is 0 Å². The Labute approximate surface area is 282 Å². The first-order valence-electron chi connectivity index (χ1n) is 16.4. The number of amides is 2. The summed E-state index contributed by atoms with van der Waals surface area (Å²) in [5, 5.41) is 3.70. The first-order valence-corrected chi connectivity index (χ1v) is 16.4. The van der Waals surface area contributed by atoms with Gasteiger partial charge in [0, 0.05) is 67.5 Å². The standard InChI is InChI=1S/C37H46N6O5/c1-25-11-14-33(35(20-25)48-19-6-5-8-28(24-44)43-17-15-41(2)16-18-43)42(3)37(46)26-12-13-32(34(21-26)47-4)40-36(45)29-9-7-10-31-30(29)22-27(23-38)39-31/h7,9-14,20-22,24,28,39H,5-6,8,15-19,23,38H2,1-4H3,(H,40,45). The van der Waals surface area contributed by atoms with Crippen molar-refractivity contribution < 1.29 is 23.9 Å². The van der Waals surface area contributed by atoms with Crippen molar-refractivity contribution in [3.8, 4) is 11.5 Å². The molecule has 4 aromatic rings. The molecule has 1 atom stereocenters. The molecule has 4 N–H and O–H groups in total. The molecule has 5 rings (SSSR count). The van der Waals surface area contributed by atoms with Crippen LogP contribution in [0.4, 0.5) is 11.4 Å². The van der Waals surface area contributed by atoms with Crippen molar-refractivity contribution in [1.29, 1.82) is 0 Å². The van der Waals surface area contributed by atoms with Gasteiger partial charge in [0.15, 0.2) is 0 Å². The lowest BCUT2D eigenvalue weighted by atomic mass is 10.1. The quantitative estimate of drug-likeness (QED) is 0.130. The molecule has 2 amide bonds. The molecule has 0 spiro atoms. The Hall–Kier alpha value is -4.71. The zero-order valence-corrected chi connectivity index (χ0v) is 28.3. The number of nitrogens with one attached hydrogen (secondary N) is 2. The van der Waals surface area contributed by atoms with Crippen molar-refractivity contribution in [2.24, 2.45) is 5.73 Å². The number of carbonyl (C=O) groups excluding carboxylic acids is 3. The number of piperazine rings is 1. The van der Waals surface area contributed by atoms with Gasteiger partial charge >= 0.3 is 0 Å². The second-order valence-corrected chi connectivity index (χ2v) is 12.4. The van der Waals surface area contributed by atoms with Gasteiger partial charge < -0.3 is 40.1 Å². The molecule has 48 heavy (non-hydrogen) atoms. The maximum Gasteiger partial charge on any atom is 0.258 e. The summed E-state index contributed by atoms with van der Waals surface area (Å²) in [6, 6.07) is 18.0. The molecule has 1 unspecified atom stereocenters. The molecular weight excluding hydrogens is 608 g/mol. The number of methoxy groups -OCH3 is 1. The van der Waals surface area contributed by atoms with Gasteiger partial charge in [-0.25, -0.2) is 0 Å². The number of carbonyl (C=O) groups is 3. The van der Waals surface area contributed by atoms with Gasteiger partial charge in [0.2, 0.25) is 0 Å². The summed E-state index contributed by atoms with van der Waals surface area (Å²) in [5.74, 6) is 0.411. The molecule has 1 fully saturated rings. The summed E-state index contributed by atoms with van der Waals surface area (Å²) in [5.41, 5.74) is 10.4. The predicted molar refractivity (Wildman–Crippen MR) is 189 cm³/mol. The maximum absolute atomic E-state index is 13.7. The fraction of sp³-hybridized carbons (Fsp3) is 0.378. The van der Waals surface area contributed by atoms with Gasteiger partial charge in [-0.3, -0.25) is 14.5 Å². The number of aromatic amines is 1. The molecule has 254 valence electrons. The largest absolute Gasteiger partial charge is 0.495 e. The number of rotatable bonds is 14. The van der Waals surface area contributed by atoms with Crippen molar-refractivity contribution in [3.05, 3.63) is 83.0 Å². The lowest BCUT2D eigenvalue weighted by Gasteiger charge is -2.35. The Bertz CT molecular complexity index is 1750. The van der Waals surface area contributed by atoms with E-state index in [1.54, 1.807) is 36.2 Å². The number of benzene rings is 3. The van der Waals surface area contributed by atoms with E-state index in [-0.39, 0.29) is 17.9 Å². The fourth-order valence-electron chi connectivity index (χ4n) is 6.08. The number of anilines is 2. The summed E-state index contributed by atoms with van der Waals surface area (Å²) in [4.78, 5) is 48.1. The van der Waals surface area contributed by atoms with Crippen LogP contribution in [0.15, 0.2) is 60.7 Å². The monoisotopic (exact) mass is 654 g/mol. The smallest absolute Gasteiger partial charge is 0.258 e. The van der Waals surface area contributed by atoms with Crippen LogP contribution in [0.1, 0.15) is 51.2 Å². The second kappa shape index (κ2) is 15.9. The number of H-pyrrole nitrogens is 1. The highest BCUT2D eigenvalue weighted by molar-refractivity contribution is 6.13. The van der Waals surface area contributed by atoms with Crippen LogP contribution in [-0.4, -0.2) is 92.9 Å². The van der Waals surface area contributed by atoms with Crippen molar-refractivity contribution in [2.45, 2.75) is 38.8 Å². The lowest BCUT2D eigenvalue weighted by Crippen LogP contribution is -2.49. The van der Waals surface area contributed by atoms with Crippen molar-refractivity contribution in [2.75, 3.05) is 64.2 Å². The molecular formula is C37H46N6O5. The normalized spacial score (nSPS) is 14.4. The number of nitrogens with zero attached hydrogens (tertiary/aromatic N) is 3. The van der Waals surface area contributed by atoms with Gasteiger partial charge in [0.05, 0.1) is 31.1 Å². The Kier molecular flexibility index (Phi) is 11.5. The highest BCUT2D eigenvalue weighted by Gasteiger charge is 2.23. The van der Waals surface area contributed by atoms with E-state index in [0.717, 1.165) is 73.9 Å². The highest BCUT2D eigenvalue weighted by Crippen LogP contribution is 2.32. The van der Waals surface area contributed by atoms with Crippen LogP contribution in [0.3, 0.4) is 0 Å². The third-order valence-electron chi connectivity index (χ3n) is 8.98. The van der Waals surface area contributed by atoms with Gasteiger partial charge in [-0.15, -0.1) is 0 Å². The Balaban J connectivity index is 1.22. The summed E-state index contributed by atoms with van der Waals surface area (Å²) in [6.45, 7) is 6.57. The number of likely N-dealkylation sites (N-methyl/N-ethyl adjacent to an activating group) is 1. The minimum Gasteiger partial charge on any atom is -0.495 e. The minimum absolute atomic E-state index is 0.0632. The average molecular weight is 655 g/mol. The third-order valence-corrected chi connectivity index (χ3v) is 8.98. The van der Waals surface area contributed by atoms with Crippen LogP contribution < -0.4 is 25.4 Å². The number of hydrogen-bond donors (Lipinski definition) is 3. The molecule has 2 heterocycles. The van der Waals surface area contributed by atoms with Crippen LogP contribution >= 0.6 is 0 Å². The zero-order chi connectivity index (χ0) is 34.2. The van der Waals surface area contributed by atoms with E-state index in [4.69, 9.17) is 15.2 Å². The predicted octanol–water partition coefficient (Wildman–Crippen LogP) is 4.84. The average Bonchev–Trinajstić information content (AvgIpc) is 3.54. The molecule has 11 nitrogen and oxygen atoms in total. The van der Waals surface area contributed by atoms with Gasteiger partial charge in [-0.05, 0) is 87.3 Å². The first-order chi connectivity index (χ1) is 23.2. The maximum atomic E-state index is 13.7. The van der Waals surface area contributed by atoms with Crippen LogP contribution in [0.25, 0.3) is 10.9 Å². The van der Waals surface area contributed by atoms with Crippen LogP contribution in [0, 0.1) is 6.92 Å². The Morgan fingerprint density at radius 3 is 2.56 bits per heavy atom. The van der Waals surface area contributed by atoms with Gasteiger partial charge in [0.25, 0.3) is 11.8 Å².